The van der Waals surface area contributed by atoms with Crippen LogP contribution in [0.25, 0.3) is 0 Å². The van der Waals surface area contributed by atoms with E-state index in [0.29, 0.717) is 19.7 Å². The highest BCUT2D eigenvalue weighted by Crippen LogP contribution is 2.18. The first-order valence-electron chi connectivity index (χ1n) is 8.00. The highest BCUT2D eigenvalue weighted by Gasteiger charge is 2.28. The lowest BCUT2D eigenvalue weighted by atomic mass is 9.98. The number of hydrogen-bond donors (Lipinski definition) is 1. The molecule has 1 atom stereocenters. The van der Waals surface area contributed by atoms with E-state index >= 15 is 0 Å². The Bertz CT molecular complexity index is 545. The molecule has 1 N–H and O–H groups in total. The lowest BCUT2D eigenvalue weighted by Gasteiger charge is -2.34. The third-order valence-electron chi connectivity index (χ3n) is 3.92. The number of rotatable bonds is 4. The molecule has 2 rings (SSSR count). The largest absolute Gasteiger partial charge is 0.466 e. The second-order valence-electron chi connectivity index (χ2n) is 5.56. The molecule has 0 spiro atoms. The standard InChI is InChI=1S/C17H24BrN3O2/c1-3-23-16(22)14-5-4-10-21(12-14)17(19-2)20-11-13-6-8-15(18)9-7-13/h6-9,14H,3-5,10-12H2,1-2H3,(H,19,20). The number of halogens is 1. The van der Waals surface area contributed by atoms with Crippen LogP contribution in [0.4, 0.5) is 0 Å². The molecule has 1 aromatic carbocycles. The van der Waals surface area contributed by atoms with E-state index < -0.39 is 0 Å². The Morgan fingerprint density at radius 2 is 2.17 bits per heavy atom. The zero-order valence-corrected chi connectivity index (χ0v) is 15.3. The van der Waals surface area contributed by atoms with Gasteiger partial charge in [0, 0.05) is 31.2 Å². The molecule has 0 saturated carbocycles. The minimum atomic E-state index is -0.0967. The molecule has 0 amide bonds. The van der Waals surface area contributed by atoms with Crippen LogP contribution in [0, 0.1) is 5.92 Å². The third kappa shape index (κ3) is 5.23. The van der Waals surface area contributed by atoms with E-state index in [1.165, 1.54) is 5.56 Å². The van der Waals surface area contributed by atoms with Crippen LogP contribution in [0.2, 0.25) is 0 Å². The number of guanidine groups is 1. The quantitative estimate of drug-likeness (QED) is 0.494. The highest BCUT2D eigenvalue weighted by molar-refractivity contribution is 9.10. The van der Waals surface area contributed by atoms with Crippen molar-refractivity contribution < 1.29 is 9.53 Å². The number of hydrogen-bond acceptors (Lipinski definition) is 3. The van der Waals surface area contributed by atoms with Crippen molar-refractivity contribution in [2.24, 2.45) is 10.9 Å². The second kappa shape index (κ2) is 8.91. The first-order valence-corrected chi connectivity index (χ1v) is 8.80. The van der Waals surface area contributed by atoms with E-state index in [1.54, 1.807) is 7.05 Å². The minimum Gasteiger partial charge on any atom is -0.466 e. The van der Waals surface area contributed by atoms with Crippen molar-refractivity contribution in [3.63, 3.8) is 0 Å². The Hall–Kier alpha value is -1.56. The smallest absolute Gasteiger partial charge is 0.310 e. The summed E-state index contributed by atoms with van der Waals surface area (Å²) in [7, 11) is 1.78. The van der Waals surface area contributed by atoms with Gasteiger partial charge in [0.05, 0.1) is 12.5 Å². The van der Waals surface area contributed by atoms with Gasteiger partial charge in [-0.3, -0.25) is 9.79 Å². The predicted octanol–water partition coefficient (Wildman–Crippen LogP) is 2.80. The summed E-state index contributed by atoms with van der Waals surface area (Å²) in [6, 6.07) is 8.19. The number of ether oxygens (including phenoxy) is 1. The lowest BCUT2D eigenvalue weighted by Crippen LogP contribution is -2.48. The maximum Gasteiger partial charge on any atom is 0.310 e. The van der Waals surface area contributed by atoms with Gasteiger partial charge in [0.15, 0.2) is 5.96 Å². The first-order chi connectivity index (χ1) is 11.1. The van der Waals surface area contributed by atoms with Gasteiger partial charge in [0.2, 0.25) is 0 Å². The van der Waals surface area contributed by atoms with Crippen LogP contribution in [0.3, 0.4) is 0 Å². The Morgan fingerprint density at radius 3 is 2.83 bits per heavy atom. The van der Waals surface area contributed by atoms with Crippen LogP contribution < -0.4 is 5.32 Å². The fourth-order valence-corrected chi connectivity index (χ4v) is 3.00. The summed E-state index contributed by atoms with van der Waals surface area (Å²) in [6.07, 6.45) is 1.86. The monoisotopic (exact) mass is 381 g/mol. The number of benzene rings is 1. The molecule has 0 bridgehead atoms. The Kier molecular flexibility index (Phi) is 6.89. The molecule has 126 valence electrons. The molecule has 1 aliphatic heterocycles. The number of nitrogens with zero attached hydrogens (tertiary/aromatic N) is 2. The fraction of sp³-hybridized carbons (Fsp3) is 0.529. The summed E-state index contributed by atoms with van der Waals surface area (Å²) in [6.45, 7) is 4.57. The lowest BCUT2D eigenvalue weighted by molar-refractivity contribution is -0.149. The molecule has 23 heavy (non-hydrogen) atoms. The summed E-state index contributed by atoms with van der Waals surface area (Å²) < 4.78 is 6.22. The van der Waals surface area contributed by atoms with Crippen LogP contribution in [-0.2, 0) is 16.1 Å². The summed E-state index contributed by atoms with van der Waals surface area (Å²) in [5.41, 5.74) is 1.19. The van der Waals surface area contributed by atoms with Gasteiger partial charge in [-0.2, -0.15) is 0 Å². The van der Waals surface area contributed by atoms with E-state index in [4.69, 9.17) is 4.74 Å². The molecule has 0 aliphatic carbocycles. The van der Waals surface area contributed by atoms with E-state index in [-0.39, 0.29) is 11.9 Å². The Morgan fingerprint density at radius 1 is 1.43 bits per heavy atom. The predicted molar refractivity (Wildman–Crippen MR) is 95.3 cm³/mol. The van der Waals surface area contributed by atoms with Crippen LogP contribution in [-0.4, -0.2) is 43.6 Å². The van der Waals surface area contributed by atoms with E-state index in [1.807, 2.05) is 19.1 Å². The number of piperidine rings is 1. The summed E-state index contributed by atoms with van der Waals surface area (Å²) in [4.78, 5) is 18.4. The molecular formula is C17H24BrN3O2. The molecule has 1 saturated heterocycles. The average Bonchev–Trinajstić information content (AvgIpc) is 2.57. The van der Waals surface area contributed by atoms with E-state index in [2.05, 4.69) is 43.3 Å². The maximum atomic E-state index is 12.0. The number of nitrogens with one attached hydrogen (secondary N) is 1. The number of likely N-dealkylation sites (tertiary alicyclic amines) is 1. The molecule has 1 heterocycles. The molecule has 1 aliphatic rings. The summed E-state index contributed by atoms with van der Waals surface area (Å²) >= 11 is 3.44. The third-order valence-corrected chi connectivity index (χ3v) is 4.45. The topological polar surface area (TPSA) is 53.9 Å². The molecular weight excluding hydrogens is 358 g/mol. The first kappa shape index (κ1) is 17.8. The van der Waals surface area contributed by atoms with Gasteiger partial charge >= 0.3 is 5.97 Å². The average molecular weight is 382 g/mol. The van der Waals surface area contributed by atoms with Crippen molar-refractivity contribution in [1.82, 2.24) is 10.2 Å². The van der Waals surface area contributed by atoms with Gasteiger partial charge in [-0.15, -0.1) is 0 Å². The Labute approximate surface area is 146 Å². The van der Waals surface area contributed by atoms with Crippen molar-refractivity contribution in [1.29, 1.82) is 0 Å². The minimum absolute atomic E-state index is 0.0602. The number of carbonyl (C=O) groups is 1. The highest BCUT2D eigenvalue weighted by atomic mass is 79.9. The van der Waals surface area contributed by atoms with Crippen molar-refractivity contribution in [3.05, 3.63) is 34.3 Å². The summed E-state index contributed by atoms with van der Waals surface area (Å²) in [5.74, 6) is 0.678. The van der Waals surface area contributed by atoms with Crippen molar-refractivity contribution in [3.8, 4) is 0 Å². The van der Waals surface area contributed by atoms with Gasteiger partial charge in [-0.25, -0.2) is 0 Å². The second-order valence-corrected chi connectivity index (χ2v) is 6.48. The van der Waals surface area contributed by atoms with Crippen molar-refractivity contribution >= 4 is 27.9 Å². The number of aliphatic imine (C=N–C) groups is 1. The molecule has 1 fully saturated rings. The van der Waals surface area contributed by atoms with Gasteiger partial charge < -0.3 is 15.0 Å². The number of carbonyl (C=O) groups excluding carboxylic acids is 1. The van der Waals surface area contributed by atoms with Gasteiger partial charge in [0.25, 0.3) is 0 Å². The summed E-state index contributed by atoms with van der Waals surface area (Å²) in [5, 5.41) is 3.37. The van der Waals surface area contributed by atoms with Crippen molar-refractivity contribution in [2.45, 2.75) is 26.3 Å². The Balaban J connectivity index is 1.92. The fourth-order valence-electron chi connectivity index (χ4n) is 2.74. The van der Waals surface area contributed by atoms with Crippen molar-refractivity contribution in [2.75, 3.05) is 26.7 Å². The molecule has 1 aromatic rings. The van der Waals surface area contributed by atoms with Gasteiger partial charge in [-0.05, 0) is 37.5 Å². The normalized spacial score (nSPS) is 18.7. The maximum absolute atomic E-state index is 12.0. The molecule has 0 radical (unpaired) electrons. The zero-order valence-electron chi connectivity index (χ0n) is 13.7. The zero-order chi connectivity index (χ0) is 16.7. The van der Waals surface area contributed by atoms with E-state index in [0.717, 1.165) is 29.8 Å². The molecule has 6 heteroatoms. The van der Waals surface area contributed by atoms with Crippen LogP contribution in [0.15, 0.2) is 33.7 Å². The van der Waals surface area contributed by atoms with Crippen LogP contribution in [0.5, 0.6) is 0 Å². The molecule has 0 aromatic heterocycles. The van der Waals surface area contributed by atoms with E-state index in [9.17, 15) is 4.79 Å². The van der Waals surface area contributed by atoms with Crippen LogP contribution >= 0.6 is 15.9 Å². The van der Waals surface area contributed by atoms with Crippen LogP contribution in [0.1, 0.15) is 25.3 Å². The van der Waals surface area contributed by atoms with Gasteiger partial charge in [0.1, 0.15) is 0 Å². The number of esters is 1. The SMILES string of the molecule is CCOC(=O)C1CCCN(C(=NC)NCc2ccc(Br)cc2)C1. The molecule has 5 nitrogen and oxygen atoms in total. The molecule has 1 unspecified atom stereocenters. The van der Waals surface area contributed by atoms with Gasteiger partial charge in [-0.1, -0.05) is 28.1 Å².